The Labute approximate surface area is 113 Å². The van der Waals surface area contributed by atoms with Crippen LogP contribution in [0.15, 0.2) is 60.7 Å². The molecule has 0 heterocycles. The summed E-state index contributed by atoms with van der Waals surface area (Å²) in [7, 11) is 0. The second kappa shape index (κ2) is 6.25. The molecule has 1 N–H and O–H groups in total. The predicted octanol–water partition coefficient (Wildman–Crippen LogP) is 3.59. The van der Waals surface area contributed by atoms with Gasteiger partial charge < -0.3 is 14.6 Å². The van der Waals surface area contributed by atoms with Crippen molar-refractivity contribution in [3.63, 3.8) is 0 Å². The van der Waals surface area contributed by atoms with Crippen LogP contribution in [-0.2, 0) is 0 Å². The maximum Gasteiger partial charge on any atom is 0.369 e. The zero-order valence-electron chi connectivity index (χ0n) is 11.0. The van der Waals surface area contributed by atoms with Crippen LogP contribution in [-0.4, -0.2) is 11.1 Å². The van der Waals surface area contributed by atoms with Crippen molar-refractivity contribution in [2.45, 2.75) is 25.7 Å². The SMILES string of the molecule is CCCC(O)(Oc1ccccc1)Oc1ccccc1. The van der Waals surface area contributed by atoms with Gasteiger partial charge in [-0.1, -0.05) is 43.3 Å². The summed E-state index contributed by atoms with van der Waals surface area (Å²) in [6, 6.07) is 18.3. The third-order valence-electron chi connectivity index (χ3n) is 2.61. The van der Waals surface area contributed by atoms with Crippen LogP contribution >= 0.6 is 0 Å². The smallest absolute Gasteiger partial charge is 0.369 e. The van der Waals surface area contributed by atoms with Crippen LogP contribution in [0.1, 0.15) is 19.8 Å². The fourth-order valence-electron chi connectivity index (χ4n) is 1.78. The zero-order valence-corrected chi connectivity index (χ0v) is 11.0. The quantitative estimate of drug-likeness (QED) is 0.805. The van der Waals surface area contributed by atoms with Crippen LogP contribution in [0, 0.1) is 0 Å². The molecule has 0 amide bonds. The van der Waals surface area contributed by atoms with Gasteiger partial charge in [0.15, 0.2) is 0 Å². The number of rotatable bonds is 6. The monoisotopic (exact) mass is 258 g/mol. The van der Waals surface area contributed by atoms with Crippen molar-refractivity contribution in [1.82, 2.24) is 0 Å². The van der Waals surface area contributed by atoms with E-state index in [4.69, 9.17) is 9.47 Å². The lowest BCUT2D eigenvalue weighted by Gasteiger charge is -2.28. The van der Waals surface area contributed by atoms with Gasteiger partial charge in [-0.25, -0.2) is 0 Å². The molecule has 2 aromatic carbocycles. The van der Waals surface area contributed by atoms with E-state index in [2.05, 4.69) is 0 Å². The van der Waals surface area contributed by atoms with Gasteiger partial charge in [-0.05, 0) is 30.7 Å². The van der Waals surface area contributed by atoms with Crippen molar-refractivity contribution in [2.24, 2.45) is 0 Å². The highest BCUT2D eigenvalue weighted by molar-refractivity contribution is 5.23. The summed E-state index contributed by atoms with van der Waals surface area (Å²) in [6.45, 7) is 1.97. The summed E-state index contributed by atoms with van der Waals surface area (Å²) in [5.74, 6) is -0.485. The summed E-state index contributed by atoms with van der Waals surface area (Å²) >= 11 is 0. The highest BCUT2D eigenvalue weighted by atomic mass is 16.8. The molecule has 3 heteroatoms. The first kappa shape index (κ1) is 13.4. The summed E-state index contributed by atoms with van der Waals surface area (Å²) in [6.07, 6.45) is 1.13. The van der Waals surface area contributed by atoms with Crippen molar-refractivity contribution >= 4 is 0 Å². The van der Waals surface area contributed by atoms with Crippen molar-refractivity contribution in [2.75, 3.05) is 0 Å². The molecule has 0 fully saturated rings. The first-order chi connectivity index (χ1) is 9.22. The normalized spacial score (nSPS) is 11.1. The van der Waals surface area contributed by atoms with E-state index in [-0.39, 0.29) is 0 Å². The summed E-state index contributed by atoms with van der Waals surface area (Å²) < 4.78 is 11.2. The Kier molecular flexibility index (Phi) is 4.42. The molecule has 0 unspecified atom stereocenters. The van der Waals surface area contributed by atoms with E-state index in [1.54, 1.807) is 24.3 Å². The van der Waals surface area contributed by atoms with Crippen molar-refractivity contribution < 1.29 is 14.6 Å². The van der Waals surface area contributed by atoms with Gasteiger partial charge in [-0.2, -0.15) is 0 Å². The molecule has 0 saturated heterocycles. The molecule has 2 rings (SSSR count). The molecule has 0 aliphatic carbocycles. The summed E-state index contributed by atoms with van der Waals surface area (Å²) in [5, 5.41) is 10.5. The van der Waals surface area contributed by atoms with Crippen LogP contribution in [0.3, 0.4) is 0 Å². The Morgan fingerprint density at radius 2 is 1.26 bits per heavy atom. The maximum absolute atomic E-state index is 10.5. The third-order valence-corrected chi connectivity index (χ3v) is 2.61. The highest BCUT2D eigenvalue weighted by Gasteiger charge is 2.31. The van der Waals surface area contributed by atoms with Gasteiger partial charge >= 0.3 is 5.97 Å². The second-order valence-corrected chi connectivity index (χ2v) is 4.29. The number of para-hydroxylation sites is 2. The van der Waals surface area contributed by atoms with Crippen LogP contribution in [0.25, 0.3) is 0 Å². The van der Waals surface area contributed by atoms with Crippen LogP contribution in [0.4, 0.5) is 0 Å². The molecule has 0 atom stereocenters. The maximum atomic E-state index is 10.5. The van der Waals surface area contributed by atoms with Gasteiger partial charge in [-0.3, -0.25) is 0 Å². The standard InChI is InChI=1S/C16H18O3/c1-2-13-16(17,18-14-9-5-3-6-10-14)19-15-11-7-4-8-12-15/h3-12,17H,2,13H2,1H3. The molecule has 0 aliphatic rings. The molecule has 19 heavy (non-hydrogen) atoms. The molecule has 0 radical (unpaired) electrons. The third kappa shape index (κ3) is 4.00. The molecule has 0 saturated carbocycles. The Hall–Kier alpha value is -2.00. The zero-order chi connectivity index (χ0) is 13.6. The van der Waals surface area contributed by atoms with E-state index in [0.717, 1.165) is 6.42 Å². The number of ether oxygens (including phenoxy) is 2. The molecular weight excluding hydrogens is 240 g/mol. The largest absolute Gasteiger partial charge is 0.430 e. The van der Waals surface area contributed by atoms with Crippen molar-refractivity contribution in [3.05, 3.63) is 60.7 Å². The van der Waals surface area contributed by atoms with Gasteiger partial charge in [0.2, 0.25) is 0 Å². The van der Waals surface area contributed by atoms with Crippen molar-refractivity contribution in [3.8, 4) is 11.5 Å². The number of hydrogen-bond acceptors (Lipinski definition) is 3. The minimum Gasteiger partial charge on any atom is -0.430 e. The van der Waals surface area contributed by atoms with E-state index in [1.807, 2.05) is 43.3 Å². The molecule has 0 spiro atoms. The predicted molar refractivity (Wildman–Crippen MR) is 74.0 cm³/mol. The van der Waals surface area contributed by atoms with Crippen molar-refractivity contribution in [1.29, 1.82) is 0 Å². The highest BCUT2D eigenvalue weighted by Crippen LogP contribution is 2.24. The Morgan fingerprint density at radius 1 is 0.842 bits per heavy atom. The number of benzene rings is 2. The van der Waals surface area contributed by atoms with Crippen LogP contribution in [0.2, 0.25) is 0 Å². The van der Waals surface area contributed by atoms with E-state index < -0.39 is 5.97 Å². The summed E-state index contributed by atoms with van der Waals surface area (Å²) in [5.41, 5.74) is 0. The molecule has 0 aliphatic heterocycles. The van der Waals surface area contributed by atoms with Gasteiger partial charge in [0.25, 0.3) is 0 Å². The fourth-order valence-corrected chi connectivity index (χ4v) is 1.78. The van der Waals surface area contributed by atoms with Gasteiger partial charge in [0, 0.05) is 0 Å². The minimum absolute atomic E-state index is 0.386. The lowest BCUT2D eigenvalue weighted by atomic mass is 10.2. The molecule has 2 aromatic rings. The number of hydrogen-bond donors (Lipinski definition) is 1. The molecular formula is C16H18O3. The molecule has 0 bridgehead atoms. The van der Waals surface area contributed by atoms with Crippen LogP contribution in [0.5, 0.6) is 11.5 Å². The van der Waals surface area contributed by atoms with Gasteiger partial charge in [0.05, 0.1) is 6.42 Å². The summed E-state index contributed by atoms with van der Waals surface area (Å²) in [4.78, 5) is 0. The topological polar surface area (TPSA) is 38.7 Å². The first-order valence-corrected chi connectivity index (χ1v) is 6.42. The van der Waals surface area contributed by atoms with E-state index in [0.29, 0.717) is 17.9 Å². The molecule has 3 nitrogen and oxygen atoms in total. The lowest BCUT2D eigenvalue weighted by molar-refractivity contribution is -0.276. The fraction of sp³-hybridized carbons (Fsp3) is 0.250. The Bertz CT molecular complexity index is 440. The minimum atomic E-state index is -1.64. The second-order valence-electron chi connectivity index (χ2n) is 4.29. The average molecular weight is 258 g/mol. The average Bonchev–Trinajstić information content (AvgIpc) is 2.41. The van der Waals surface area contributed by atoms with E-state index in [1.165, 1.54) is 0 Å². The van der Waals surface area contributed by atoms with Gasteiger partial charge in [-0.15, -0.1) is 0 Å². The molecule has 100 valence electrons. The lowest BCUT2D eigenvalue weighted by Crippen LogP contribution is -2.42. The van der Waals surface area contributed by atoms with Crippen LogP contribution < -0.4 is 9.47 Å². The van der Waals surface area contributed by atoms with E-state index >= 15 is 0 Å². The first-order valence-electron chi connectivity index (χ1n) is 6.42. The molecule has 0 aromatic heterocycles. The Balaban J connectivity index is 2.13. The van der Waals surface area contributed by atoms with Gasteiger partial charge in [0.1, 0.15) is 11.5 Å². The van der Waals surface area contributed by atoms with E-state index in [9.17, 15) is 5.11 Å². The Morgan fingerprint density at radius 3 is 1.63 bits per heavy atom. The number of aliphatic hydroxyl groups is 1.